The molecule has 166 valence electrons. The molecule has 33 heavy (non-hydrogen) atoms. The Morgan fingerprint density at radius 3 is 2.33 bits per heavy atom. The van der Waals surface area contributed by atoms with E-state index in [0.29, 0.717) is 28.4 Å². The van der Waals surface area contributed by atoms with Gasteiger partial charge < -0.3 is 10.1 Å². The lowest BCUT2D eigenvalue weighted by molar-refractivity contribution is 0.102. The van der Waals surface area contributed by atoms with Gasteiger partial charge in [0.05, 0.1) is 4.90 Å². The number of ether oxygens (including phenoxy) is 1. The van der Waals surface area contributed by atoms with E-state index in [1.54, 1.807) is 37.3 Å². The lowest BCUT2D eigenvalue weighted by Crippen LogP contribution is -2.16. The van der Waals surface area contributed by atoms with Crippen LogP contribution in [0.3, 0.4) is 0 Å². The number of aromatic nitrogens is 2. The molecule has 0 aliphatic carbocycles. The smallest absolute Gasteiger partial charge is 0.264 e. The predicted octanol–water partition coefficient (Wildman–Crippen LogP) is 4.63. The van der Waals surface area contributed by atoms with Gasteiger partial charge in [-0.3, -0.25) is 4.79 Å². The molecule has 1 heterocycles. The third-order valence-corrected chi connectivity index (χ3v) is 5.86. The van der Waals surface area contributed by atoms with Crippen LogP contribution in [0.4, 0.5) is 11.6 Å². The van der Waals surface area contributed by atoms with Gasteiger partial charge in [-0.1, -0.05) is 24.3 Å². The number of hydrogen-bond donors (Lipinski definition) is 2. The molecular formula is C24H20N4O4S. The summed E-state index contributed by atoms with van der Waals surface area (Å²) in [5.41, 5.74) is 1.48. The van der Waals surface area contributed by atoms with Gasteiger partial charge in [0.25, 0.3) is 15.9 Å². The largest absolute Gasteiger partial charge is 0.457 e. The molecule has 4 rings (SSSR count). The molecule has 0 saturated heterocycles. The van der Waals surface area contributed by atoms with Crippen LogP contribution in [-0.2, 0) is 10.0 Å². The number of anilines is 2. The van der Waals surface area contributed by atoms with Crippen molar-refractivity contribution in [1.82, 2.24) is 9.97 Å². The van der Waals surface area contributed by atoms with Gasteiger partial charge in [0, 0.05) is 23.1 Å². The maximum Gasteiger partial charge on any atom is 0.264 e. The average molecular weight is 461 g/mol. The van der Waals surface area contributed by atoms with Gasteiger partial charge in [-0.15, -0.1) is 0 Å². The SMILES string of the molecule is Cc1ccnc(NS(=O)(=O)c2ccc(NC(=O)c3cccc(Oc4ccccc4)c3)cc2)n1. The minimum absolute atomic E-state index is 0.00928. The highest BCUT2D eigenvalue weighted by Crippen LogP contribution is 2.23. The summed E-state index contributed by atoms with van der Waals surface area (Å²) in [6, 6.07) is 23.5. The Morgan fingerprint density at radius 1 is 0.879 bits per heavy atom. The molecular weight excluding hydrogens is 440 g/mol. The van der Waals surface area contributed by atoms with Gasteiger partial charge >= 0.3 is 0 Å². The zero-order valence-electron chi connectivity index (χ0n) is 17.6. The second-order valence-electron chi connectivity index (χ2n) is 7.05. The summed E-state index contributed by atoms with van der Waals surface area (Å²) >= 11 is 0. The van der Waals surface area contributed by atoms with Gasteiger partial charge in [-0.05, 0) is 67.6 Å². The molecule has 0 atom stereocenters. The monoisotopic (exact) mass is 460 g/mol. The Labute approximate surface area is 191 Å². The van der Waals surface area contributed by atoms with Gasteiger partial charge in [-0.2, -0.15) is 0 Å². The number of nitrogens with zero attached hydrogens (tertiary/aromatic N) is 2. The zero-order chi connectivity index (χ0) is 23.3. The van der Waals surface area contributed by atoms with Crippen molar-refractivity contribution >= 4 is 27.6 Å². The Balaban J connectivity index is 1.43. The van der Waals surface area contributed by atoms with E-state index in [4.69, 9.17) is 4.74 Å². The van der Waals surface area contributed by atoms with Crippen LogP contribution in [0.2, 0.25) is 0 Å². The van der Waals surface area contributed by atoms with Crippen molar-refractivity contribution < 1.29 is 17.9 Å². The first-order valence-corrected chi connectivity index (χ1v) is 11.4. The first-order chi connectivity index (χ1) is 15.9. The van der Waals surface area contributed by atoms with Crippen LogP contribution in [-0.4, -0.2) is 24.3 Å². The average Bonchev–Trinajstić information content (AvgIpc) is 2.80. The van der Waals surface area contributed by atoms with Gasteiger partial charge in [0.2, 0.25) is 5.95 Å². The highest BCUT2D eigenvalue weighted by molar-refractivity contribution is 7.92. The zero-order valence-corrected chi connectivity index (χ0v) is 18.4. The number of benzene rings is 3. The number of carbonyl (C=O) groups excluding carboxylic acids is 1. The summed E-state index contributed by atoms with van der Waals surface area (Å²) < 4.78 is 33.2. The van der Waals surface area contributed by atoms with Crippen LogP contribution in [0.5, 0.6) is 11.5 Å². The fourth-order valence-electron chi connectivity index (χ4n) is 2.92. The van der Waals surface area contributed by atoms with E-state index in [-0.39, 0.29) is 16.8 Å². The number of amides is 1. The standard InChI is InChI=1S/C24H20N4O4S/c1-17-14-15-25-24(26-17)28-33(30,31)22-12-10-19(11-13-22)27-23(29)18-6-5-9-21(16-18)32-20-7-3-2-4-8-20/h2-16H,1H3,(H,27,29)(H,25,26,28). The lowest BCUT2D eigenvalue weighted by Gasteiger charge is -2.10. The number of carbonyl (C=O) groups is 1. The van der Waals surface area contributed by atoms with E-state index in [0.717, 1.165) is 0 Å². The molecule has 0 fully saturated rings. The minimum Gasteiger partial charge on any atom is -0.457 e. The normalized spacial score (nSPS) is 10.9. The van der Waals surface area contributed by atoms with Crippen molar-refractivity contribution in [3.63, 3.8) is 0 Å². The van der Waals surface area contributed by atoms with E-state index in [9.17, 15) is 13.2 Å². The van der Waals surface area contributed by atoms with Crippen LogP contribution in [0, 0.1) is 6.92 Å². The summed E-state index contributed by atoms with van der Waals surface area (Å²) in [4.78, 5) is 20.6. The number of nitrogens with one attached hydrogen (secondary N) is 2. The third-order valence-electron chi connectivity index (χ3n) is 4.52. The minimum atomic E-state index is -3.87. The Kier molecular flexibility index (Phi) is 6.32. The van der Waals surface area contributed by atoms with Crippen LogP contribution in [0.15, 0.2) is 96.0 Å². The summed E-state index contributed by atoms with van der Waals surface area (Å²) in [5.74, 6) is 0.830. The number of hydrogen-bond acceptors (Lipinski definition) is 6. The van der Waals surface area contributed by atoms with Crippen molar-refractivity contribution in [2.75, 3.05) is 10.0 Å². The van der Waals surface area contributed by atoms with Crippen LogP contribution >= 0.6 is 0 Å². The summed E-state index contributed by atoms with van der Waals surface area (Å²) in [6.45, 7) is 1.74. The van der Waals surface area contributed by atoms with Gasteiger partial charge in [0.1, 0.15) is 11.5 Å². The molecule has 0 radical (unpaired) electrons. The summed E-state index contributed by atoms with van der Waals surface area (Å²) in [5, 5.41) is 2.75. The Morgan fingerprint density at radius 2 is 1.61 bits per heavy atom. The lowest BCUT2D eigenvalue weighted by atomic mass is 10.2. The van der Waals surface area contributed by atoms with Crippen molar-refractivity contribution in [2.24, 2.45) is 0 Å². The second kappa shape index (κ2) is 9.49. The Hall–Kier alpha value is -4.24. The first-order valence-electron chi connectivity index (χ1n) is 9.96. The molecule has 0 aliphatic heterocycles. The molecule has 3 aromatic carbocycles. The molecule has 8 nitrogen and oxygen atoms in total. The molecule has 1 amide bonds. The highest BCUT2D eigenvalue weighted by Gasteiger charge is 2.16. The molecule has 2 N–H and O–H groups in total. The number of para-hydroxylation sites is 1. The first kappa shape index (κ1) is 22.0. The second-order valence-corrected chi connectivity index (χ2v) is 8.73. The van der Waals surface area contributed by atoms with Crippen molar-refractivity contribution in [1.29, 1.82) is 0 Å². The van der Waals surface area contributed by atoms with E-state index >= 15 is 0 Å². The molecule has 0 saturated carbocycles. The van der Waals surface area contributed by atoms with E-state index in [1.165, 1.54) is 30.5 Å². The third kappa shape index (κ3) is 5.72. The van der Waals surface area contributed by atoms with Gasteiger partial charge in [0.15, 0.2) is 0 Å². The van der Waals surface area contributed by atoms with Crippen LogP contribution in [0.1, 0.15) is 16.1 Å². The number of aryl methyl sites for hydroxylation is 1. The van der Waals surface area contributed by atoms with Gasteiger partial charge in [-0.25, -0.2) is 23.1 Å². The fourth-order valence-corrected chi connectivity index (χ4v) is 3.87. The van der Waals surface area contributed by atoms with Crippen molar-refractivity contribution in [3.05, 3.63) is 102 Å². The maximum atomic E-state index is 12.7. The summed E-state index contributed by atoms with van der Waals surface area (Å²) in [6.07, 6.45) is 1.47. The number of rotatable bonds is 7. The van der Waals surface area contributed by atoms with Crippen LogP contribution < -0.4 is 14.8 Å². The molecule has 4 aromatic rings. The molecule has 1 aromatic heterocycles. The van der Waals surface area contributed by atoms with Crippen molar-refractivity contribution in [3.8, 4) is 11.5 Å². The molecule has 9 heteroatoms. The van der Waals surface area contributed by atoms with E-state index in [1.807, 2.05) is 30.3 Å². The highest BCUT2D eigenvalue weighted by atomic mass is 32.2. The molecule has 0 spiro atoms. The topological polar surface area (TPSA) is 110 Å². The Bertz CT molecular complexity index is 1380. The van der Waals surface area contributed by atoms with Crippen molar-refractivity contribution in [2.45, 2.75) is 11.8 Å². The van der Waals surface area contributed by atoms with Crippen LogP contribution in [0.25, 0.3) is 0 Å². The molecule has 0 aliphatic rings. The van der Waals surface area contributed by atoms with E-state index < -0.39 is 10.0 Å². The molecule has 0 unspecified atom stereocenters. The maximum absolute atomic E-state index is 12.7. The molecule has 0 bridgehead atoms. The quantitative estimate of drug-likeness (QED) is 0.416. The fraction of sp³-hybridized carbons (Fsp3) is 0.0417. The van der Waals surface area contributed by atoms with E-state index in [2.05, 4.69) is 20.0 Å². The number of sulfonamides is 1. The predicted molar refractivity (Wildman–Crippen MR) is 125 cm³/mol. The summed E-state index contributed by atoms with van der Waals surface area (Å²) in [7, 11) is -3.87.